The van der Waals surface area contributed by atoms with Crippen LogP contribution >= 0.6 is 11.8 Å². The quantitative estimate of drug-likeness (QED) is 0.594. The van der Waals surface area contributed by atoms with Gasteiger partial charge in [0.25, 0.3) is 0 Å². The highest BCUT2D eigenvalue weighted by atomic mass is 32.2. The van der Waals surface area contributed by atoms with Crippen LogP contribution in [0.15, 0.2) is 11.3 Å². The average molecular weight is 256 g/mol. The third-order valence-electron chi connectivity index (χ3n) is 3.38. The van der Waals surface area contributed by atoms with Gasteiger partial charge in [0.2, 0.25) is 0 Å². The highest BCUT2D eigenvalue weighted by Gasteiger charge is 2.29. The van der Waals surface area contributed by atoms with Crippen molar-refractivity contribution in [3.05, 3.63) is 11.3 Å². The molecule has 2 atom stereocenters. The molecule has 1 fully saturated rings. The van der Waals surface area contributed by atoms with Crippen molar-refractivity contribution in [1.29, 1.82) is 0 Å². The van der Waals surface area contributed by atoms with Gasteiger partial charge in [0.05, 0.1) is 5.76 Å². The van der Waals surface area contributed by atoms with Crippen molar-refractivity contribution in [2.45, 2.75) is 58.1 Å². The molecule has 2 unspecified atom stereocenters. The van der Waals surface area contributed by atoms with Gasteiger partial charge in [-0.05, 0) is 30.9 Å². The molecule has 1 N–H and O–H groups in total. The summed E-state index contributed by atoms with van der Waals surface area (Å²) >= 11 is 1.93. The van der Waals surface area contributed by atoms with Crippen molar-refractivity contribution in [2.75, 3.05) is 5.75 Å². The Labute approximate surface area is 109 Å². The molecule has 98 valence electrons. The summed E-state index contributed by atoms with van der Waals surface area (Å²) in [6.45, 7) is 6.28. The molecule has 0 aliphatic heterocycles. The number of aliphatic hydroxyl groups is 1. The molecular weight excluding hydrogens is 232 g/mol. The first-order chi connectivity index (χ1) is 8.10. The molecule has 0 spiro atoms. The van der Waals surface area contributed by atoms with Gasteiger partial charge in [0.15, 0.2) is 5.78 Å². The molecule has 0 radical (unpaired) electrons. The highest BCUT2D eigenvalue weighted by molar-refractivity contribution is 7.99. The van der Waals surface area contributed by atoms with E-state index in [1.54, 1.807) is 0 Å². The van der Waals surface area contributed by atoms with Gasteiger partial charge < -0.3 is 5.11 Å². The van der Waals surface area contributed by atoms with Crippen molar-refractivity contribution in [1.82, 2.24) is 0 Å². The van der Waals surface area contributed by atoms with E-state index >= 15 is 0 Å². The Kier molecular flexibility index (Phi) is 6.10. The van der Waals surface area contributed by atoms with E-state index in [2.05, 4.69) is 13.8 Å². The van der Waals surface area contributed by atoms with Gasteiger partial charge in [-0.15, -0.1) is 0 Å². The van der Waals surface area contributed by atoms with Crippen LogP contribution < -0.4 is 0 Å². The van der Waals surface area contributed by atoms with Crippen molar-refractivity contribution in [3.8, 4) is 0 Å². The van der Waals surface area contributed by atoms with Crippen LogP contribution in [0.5, 0.6) is 0 Å². The van der Waals surface area contributed by atoms with E-state index in [1.165, 1.54) is 0 Å². The number of carbonyl (C=O) groups is 1. The summed E-state index contributed by atoms with van der Waals surface area (Å²) < 4.78 is 0. The Morgan fingerprint density at radius 2 is 2.24 bits per heavy atom. The van der Waals surface area contributed by atoms with Crippen LogP contribution in [0, 0.1) is 5.92 Å². The molecule has 0 saturated heterocycles. The van der Waals surface area contributed by atoms with E-state index in [4.69, 9.17) is 0 Å². The molecule has 1 aliphatic carbocycles. The fraction of sp³-hybridized carbons (Fsp3) is 0.786. The van der Waals surface area contributed by atoms with E-state index in [0.29, 0.717) is 23.9 Å². The zero-order chi connectivity index (χ0) is 12.8. The van der Waals surface area contributed by atoms with Gasteiger partial charge in [-0.1, -0.05) is 20.8 Å². The predicted molar refractivity (Wildman–Crippen MR) is 74.5 cm³/mol. The van der Waals surface area contributed by atoms with Gasteiger partial charge in [-0.2, -0.15) is 11.8 Å². The molecule has 17 heavy (non-hydrogen) atoms. The summed E-state index contributed by atoms with van der Waals surface area (Å²) in [6.07, 6.45) is 4.25. The number of ketones is 1. The van der Waals surface area contributed by atoms with E-state index in [0.717, 1.165) is 30.6 Å². The summed E-state index contributed by atoms with van der Waals surface area (Å²) in [4.78, 5) is 11.9. The number of hydrogen-bond donors (Lipinski definition) is 1. The second kappa shape index (κ2) is 7.10. The molecule has 0 aromatic heterocycles. The minimum Gasteiger partial charge on any atom is -0.512 e. The van der Waals surface area contributed by atoms with Gasteiger partial charge >= 0.3 is 0 Å². The Balaban J connectivity index is 2.77. The second-order valence-electron chi connectivity index (χ2n) is 4.73. The van der Waals surface area contributed by atoms with Crippen molar-refractivity contribution in [2.24, 2.45) is 5.92 Å². The number of Topliss-reactive ketones (excluding diaryl/α,β-unsaturated/α-hetero) is 1. The molecular formula is C14H24O2S. The number of carbonyl (C=O) groups excluding carboxylic acids is 1. The number of aliphatic hydroxyl groups excluding tert-OH is 1. The zero-order valence-electron chi connectivity index (χ0n) is 11.2. The van der Waals surface area contributed by atoms with E-state index in [-0.39, 0.29) is 11.7 Å². The molecule has 2 nitrogen and oxygen atoms in total. The summed E-state index contributed by atoms with van der Waals surface area (Å²) in [5.41, 5.74) is 0.738. The number of thioether (sulfide) groups is 1. The fourth-order valence-electron chi connectivity index (χ4n) is 2.59. The Morgan fingerprint density at radius 1 is 1.53 bits per heavy atom. The normalized spacial score (nSPS) is 25.8. The molecule has 0 aromatic carbocycles. The van der Waals surface area contributed by atoms with Crippen molar-refractivity contribution < 1.29 is 9.90 Å². The summed E-state index contributed by atoms with van der Waals surface area (Å²) in [5, 5.41) is 10.5. The first kappa shape index (κ1) is 14.6. The molecule has 1 saturated carbocycles. The Morgan fingerprint density at radius 3 is 2.82 bits per heavy atom. The number of hydrogen-bond acceptors (Lipinski definition) is 3. The van der Waals surface area contributed by atoms with Crippen LogP contribution in [0.25, 0.3) is 0 Å². The maximum Gasteiger partial charge on any atom is 0.162 e. The average Bonchev–Trinajstić information content (AvgIpc) is 2.28. The van der Waals surface area contributed by atoms with Crippen LogP contribution in [0.3, 0.4) is 0 Å². The lowest BCUT2D eigenvalue weighted by Crippen LogP contribution is -2.23. The van der Waals surface area contributed by atoms with Crippen LogP contribution in [0.4, 0.5) is 0 Å². The number of allylic oxidation sites excluding steroid dienone is 2. The lowest BCUT2D eigenvalue weighted by Gasteiger charge is -2.27. The monoisotopic (exact) mass is 256 g/mol. The minimum absolute atomic E-state index is 0.175. The number of rotatable bonds is 5. The van der Waals surface area contributed by atoms with Gasteiger partial charge in [-0.25, -0.2) is 0 Å². The molecule has 3 heteroatoms. The second-order valence-corrected chi connectivity index (χ2v) is 6.44. The van der Waals surface area contributed by atoms with E-state index in [9.17, 15) is 9.90 Å². The lowest BCUT2D eigenvalue weighted by atomic mass is 9.79. The zero-order valence-corrected chi connectivity index (χ0v) is 12.0. The fourth-order valence-corrected chi connectivity index (χ4v) is 3.53. The largest absolute Gasteiger partial charge is 0.512 e. The Bertz CT molecular complexity index is 297. The van der Waals surface area contributed by atoms with Crippen LogP contribution in [-0.2, 0) is 4.79 Å². The van der Waals surface area contributed by atoms with Crippen LogP contribution in [0.2, 0.25) is 0 Å². The van der Waals surface area contributed by atoms with E-state index in [1.807, 2.05) is 18.7 Å². The minimum atomic E-state index is 0.175. The van der Waals surface area contributed by atoms with Gasteiger partial charge in [0.1, 0.15) is 0 Å². The topological polar surface area (TPSA) is 37.3 Å². The first-order valence-electron chi connectivity index (χ1n) is 6.66. The molecule has 0 heterocycles. The van der Waals surface area contributed by atoms with E-state index < -0.39 is 0 Å². The van der Waals surface area contributed by atoms with Crippen LogP contribution in [0.1, 0.15) is 52.9 Å². The maximum absolute atomic E-state index is 11.9. The van der Waals surface area contributed by atoms with Crippen LogP contribution in [-0.4, -0.2) is 21.9 Å². The third kappa shape index (κ3) is 4.06. The molecule has 0 bridgehead atoms. The maximum atomic E-state index is 11.9. The standard InChI is InChI=1S/C14H24O2S/c1-4-12(15)14-11(7-6-8-13(14)16)9-10(3)17-5-2/h10-11,15H,4-9H2,1-3H3. The van der Waals surface area contributed by atoms with Gasteiger partial charge in [0, 0.05) is 23.7 Å². The van der Waals surface area contributed by atoms with Crippen molar-refractivity contribution >= 4 is 17.5 Å². The smallest absolute Gasteiger partial charge is 0.162 e. The molecule has 0 amide bonds. The third-order valence-corrected chi connectivity index (χ3v) is 4.47. The summed E-state index contributed by atoms with van der Waals surface area (Å²) in [7, 11) is 0. The highest BCUT2D eigenvalue weighted by Crippen LogP contribution is 2.34. The summed E-state index contributed by atoms with van der Waals surface area (Å²) in [5.74, 6) is 1.90. The summed E-state index contributed by atoms with van der Waals surface area (Å²) in [6, 6.07) is 0. The SMILES string of the molecule is CCSC(C)CC1CCCC(=O)C1=C(O)CC. The van der Waals surface area contributed by atoms with Crippen molar-refractivity contribution in [3.63, 3.8) is 0 Å². The lowest BCUT2D eigenvalue weighted by molar-refractivity contribution is -0.117. The molecule has 0 aromatic rings. The molecule has 1 aliphatic rings. The predicted octanol–water partition coefficient (Wildman–Crippen LogP) is 4.11. The van der Waals surface area contributed by atoms with Gasteiger partial charge in [-0.3, -0.25) is 4.79 Å². The molecule has 1 rings (SSSR count). The Hall–Kier alpha value is -0.440. The first-order valence-corrected chi connectivity index (χ1v) is 7.71.